The van der Waals surface area contributed by atoms with Crippen LogP contribution in [0.1, 0.15) is 54.9 Å². The van der Waals surface area contributed by atoms with Gasteiger partial charge in [-0.15, -0.1) is 0 Å². The Morgan fingerprint density at radius 1 is 1.18 bits per heavy atom. The Bertz CT molecular complexity index is 359. The molecule has 2 fully saturated rings. The van der Waals surface area contributed by atoms with Crippen LogP contribution in [0.3, 0.4) is 0 Å². The molecule has 22 heavy (non-hydrogen) atoms. The molecule has 4 unspecified atom stereocenters. The van der Waals surface area contributed by atoms with E-state index in [-0.39, 0.29) is 5.54 Å². The van der Waals surface area contributed by atoms with Gasteiger partial charge < -0.3 is 9.47 Å². The van der Waals surface area contributed by atoms with Gasteiger partial charge in [-0.25, -0.2) is 0 Å². The molecule has 0 radical (unpaired) electrons. The average molecular weight is 312 g/mol. The van der Waals surface area contributed by atoms with Gasteiger partial charge in [0.2, 0.25) is 0 Å². The predicted octanol–water partition coefficient (Wildman–Crippen LogP) is 2.76. The molecule has 0 bridgehead atoms. The predicted molar refractivity (Wildman–Crippen MR) is 91.3 cm³/mol. The number of hydrogen-bond donors (Lipinski definition) is 0. The summed E-state index contributed by atoms with van der Waals surface area (Å²) in [7, 11) is 0. The van der Waals surface area contributed by atoms with E-state index in [9.17, 15) is 0 Å². The van der Waals surface area contributed by atoms with Gasteiger partial charge in [0.15, 0.2) is 0 Å². The number of hydrogen-bond acceptors (Lipinski definition) is 4. The minimum Gasteiger partial charge on any atom is -0.378 e. The molecule has 0 amide bonds. The van der Waals surface area contributed by atoms with Crippen molar-refractivity contribution in [2.24, 2.45) is 0 Å². The average Bonchev–Trinajstić information content (AvgIpc) is 2.41. The van der Waals surface area contributed by atoms with Crippen LogP contribution in [-0.2, 0) is 9.47 Å². The minimum absolute atomic E-state index is 0.128. The fraction of sp³-hybridized carbons (Fsp3) is 1.00. The monoisotopic (exact) mass is 312 g/mol. The molecule has 2 aliphatic heterocycles. The van der Waals surface area contributed by atoms with E-state index in [1.165, 1.54) is 0 Å². The van der Waals surface area contributed by atoms with Gasteiger partial charge in [0.25, 0.3) is 0 Å². The maximum atomic E-state index is 6.31. The number of morpholine rings is 2. The summed E-state index contributed by atoms with van der Waals surface area (Å²) in [6.45, 7) is 19.8. The highest BCUT2D eigenvalue weighted by Gasteiger charge is 2.37. The maximum Gasteiger partial charge on any atom is 0.0721 e. The molecule has 4 nitrogen and oxygen atoms in total. The molecule has 0 saturated carbocycles. The summed E-state index contributed by atoms with van der Waals surface area (Å²) in [5.41, 5.74) is 0.128. The Balaban J connectivity index is 1.97. The third kappa shape index (κ3) is 4.02. The number of nitrogens with zero attached hydrogens (tertiary/aromatic N) is 2. The third-order valence-electron chi connectivity index (χ3n) is 5.53. The van der Waals surface area contributed by atoms with Crippen molar-refractivity contribution in [3.63, 3.8) is 0 Å². The van der Waals surface area contributed by atoms with Crippen LogP contribution in [-0.4, -0.2) is 72.0 Å². The van der Waals surface area contributed by atoms with E-state index < -0.39 is 0 Å². The molecule has 4 heteroatoms. The van der Waals surface area contributed by atoms with E-state index in [1.807, 2.05) is 0 Å². The Hall–Kier alpha value is -0.160. The van der Waals surface area contributed by atoms with Crippen LogP contribution in [0.4, 0.5) is 0 Å². The second-order valence-electron chi connectivity index (χ2n) is 8.14. The van der Waals surface area contributed by atoms with Gasteiger partial charge in [0, 0.05) is 36.8 Å². The van der Waals surface area contributed by atoms with Crippen LogP contribution in [0.25, 0.3) is 0 Å². The maximum absolute atomic E-state index is 6.31. The molecule has 4 atom stereocenters. The van der Waals surface area contributed by atoms with Crippen molar-refractivity contribution in [2.45, 2.75) is 90.8 Å². The fourth-order valence-electron chi connectivity index (χ4n) is 4.14. The van der Waals surface area contributed by atoms with Crippen molar-refractivity contribution in [2.75, 3.05) is 26.3 Å². The molecular formula is C18H36N2O2. The molecule has 0 N–H and O–H groups in total. The number of rotatable bonds is 4. The molecule has 0 aliphatic carbocycles. The Labute approximate surface area is 137 Å². The summed E-state index contributed by atoms with van der Waals surface area (Å²) in [4.78, 5) is 5.19. The normalized spacial score (nSPS) is 35.7. The first-order chi connectivity index (χ1) is 10.2. The van der Waals surface area contributed by atoms with Gasteiger partial charge in [-0.05, 0) is 54.9 Å². The lowest BCUT2D eigenvalue weighted by Gasteiger charge is -2.48. The summed E-state index contributed by atoms with van der Waals surface area (Å²) < 4.78 is 12.0. The van der Waals surface area contributed by atoms with Crippen LogP contribution in [0.2, 0.25) is 0 Å². The van der Waals surface area contributed by atoms with Crippen molar-refractivity contribution < 1.29 is 9.47 Å². The van der Waals surface area contributed by atoms with Crippen LogP contribution < -0.4 is 0 Å². The first-order valence-electron chi connectivity index (χ1n) is 8.98. The van der Waals surface area contributed by atoms with E-state index in [1.54, 1.807) is 0 Å². The summed E-state index contributed by atoms with van der Waals surface area (Å²) in [5.74, 6) is 0. The quantitative estimate of drug-likeness (QED) is 0.797. The zero-order valence-electron chi connectivity index (χ0n) is 15.6. The molecule has 2 aliphatic rings. The smallest absolute Gasteiger partial charge is 0.0721 e. The van der Waals surface area contributed by atoms with Crippen LogP contribution in [0.15, 0.2) is 0 Å². The lowest BCUT2D eigenvalue weighted by Crippen LogP contribution is -2.59. The number of ether oxygens (including phenoxy) is 2. The van der Waals surface area contributed by atoms with Gasteiger partial charge in [-0.1, -0.05) is 0 Å². The second-order valence-corrected chi connectivity index (χ2v) is 8.14. The van der Waals surface area contributed by atoms with Crippen LogP contribution >= 0.6 is 0 Å². The SMILES string of the molecule is CC1OC(CC(C)N2CCOCC2(C)C)CN(C(C)C)C1C. The standard InChI is InChI=1S/C18H36N2O2/c1-13(2)19-11-17(22-16(5)15(19)4)10-14(3)20-8-9-21-12-18(20,6)7/h13-17H,8-12H2,1-7H3. The summed E-state index contributed by atoms with van der Waals surface area (Å²) in [6, 6.07) is 1.61. The Morgan fingerprint density at radius 3 is 2.45 bits per heavy atom. The largest absolute Gasteiger partial charge is 0.378 e. The highest BCUT2D eigenvalue weighted by atomic mass is 16.5. The first-order valence-corrected chi connectivity index (χ1v) is 8.98. The topological polar surface area (TPSA) is 24.9 Å². The van der Waals surface area contributed by atoms with Crippen molar-refractivity contribution in [3.8, 4) is 0 Å². The first kappa shape index (κ1) is 18.2. The molecule has 0 aromatic rings. The highest BCUT2D eigenvalue weighted by molar-refractivity contribution is 4.91. The molecule has 2 heterocycles. The lowest BCUT2D eigenvalue weighted by atomic mass is 9.96. The van der Waals surface area contributed by atoms with Crippen LogP contribution in [0, 0.1) is 0 Å². The van der Waals surface area contributed by atoms with Gasteiger partial charge in [-0.3, -0.25) is 9.80 Å². The Morgan fingerprint density at radius 2 is 1.86 bits per heavy atom. The minimum atomic E-state index is 0.128. The summed E-state index contributed by atoms with van der Waals surface area (Å²) in [6.07, 6.45) is 1.75. The second kappa shape index (κ2) is 7.16. The van der Waals surface area contributed by atoms with Gasteiger partial charge in [0.1, 0.15) is 0 Å². The zero-order valence-corrected chi connectivity index (χ0v) is 15.6. The third-order valence-corrected chi connectivity index (χ3v) is 5.53. The molecule has 0 spiro atoms. The fourth-order valence-corrected chi connectivity index (χ4v) is 4.14. The van der Waals surface area contributed by atoms with Crippen molar-refractivity contribution in [3.05, 3.63) is 0 Å². The molecule has 2 saturated heterocycles. The van der Waals surface area contributed by atoms with Crippen molar-refractivity contribution in [1.82, 2.24) is 9.80 Å². The lowest BCUT2D eigenvalue weighted by molar-refractivity contribution is -0.132. The van der Waals surface area contributed by atoms with Gasteiger partial charge in [-0.2, -0.15) is 0 Å². The molecule has 0 aromatic carbocycles. The van der Waals surface area contributed by atoms with E-state index in [4.69, 9.17) is 9.47 Å². The molecule has 130 valence electrons. The van der Waals surface area contributed by atoms with Gasteiger partial charge >= 0.3 is 0 Å². The molecular weight excluding hydrogens is 276 g/mol. The van der Waals surface area contributed by atoms with E-state index in [2.05, 4.69) is 58.3 Å². The van der Waals surface area contributed by atoms with Crippen LogP contribution in [0.5, 0.6) is 0 Å². The van der Waals surface area contributed by atoms with E-state index >= 15 is 0 Å². The molecule has 2 rings (SSSR count). The van der Waals surface area contributed by atoms with E-state index in [0.717, 1.165) is 32.7 Å². The highest BCUT2D eigenvalue weighted by Crippen LogP contribution is 2.27. The van der Waals surface area contributed by atoms with Crippen molar-refractivity contribution in [1.29, 1.82) is 0 Å². The summed E-state index contributed by atoms with van der Waals surface area (Å²) in [5, 5.41) is 0. The Kier molecular flexibility index (Phi) is 5.92. The van der Waals surface area contributed by atoms with Crippen molar-refractivity contribution >= 4 is 0 Å². The summed E-state index contributed by atoms with van der Waals surface area (Å²) >= 11 is 0. The van der Waals surface area contributed by atoms with Gasteiger partial charge in [0.05, 0.1) is 25.4 Å². The van der Waals surface area contributed by atoms with E-state index in [0.29, 0.717) is 30.3 Å². The zero-order chi connectivity index (χ0) is 16.5. The molecule has 0 aromatic heterocycles.